The van der Waals surface area contributed by atoms with Gasteiger partial charge in [0, 0.05) is 25.4 Å². The standard InChI is InChI=1S/C17H26N2O2S/c1-15-4-2-5-16(12-15)13-22-14-17(20)18-6-3-7-19-8-10-21-11-9-19/h2,4-5,12H,3,6-11,13-14H2,1H3,(H,18,20). The minimum absolute atomic E-state index is 0.139. The Balaban J connectivity index is 1.50. The summed E-state index contributed by atoms with van der Waals surface area (Å²) >= 11 is 1.67. The van der Waals surface area contributed by atoms with Crippen molar-refractivity contribution < 1.29 is 9.53 Å². The Morgan fingerprint density at radius 1 is 1.36 bits per heavy atom. The van der Waals surface area contributed by atoms with Crippen LogP contribution in [0.3, 0.4) is 0 Å². The third-order valence-electron chi connectivity index (χ3n) is 3.66. The number of amides is 1. The van der Waals surface area contributed by atoms with Crippen LogP contribution in [-0.2, 0) is 15.3 Å². The van der Waals surface area contributed by atoms with Crippen molar-refractivity contribution in [1.82, 2.24) is 10.2 Å². The Kier molecular flexibility index (Phi) is 7.77. The molecule has 1 N–H and O–H groups in total. The van der Waals surface area contributed by atoms with Crippen LogP contribution in [0.1, 0.15) is 17.5 Å². The maximum Gasteiger partial charge on any atom is 0.230 e. The number of morpholine rings is 1. The minimum atomic E-state index is 0.139. The lowest BCUT2D eigenvalue weighted by Gasteiger charge is -2.26. The molecule has 0 atom stereocenters. The fraction of sp³-hybridized carbons (Fsp3) is 0.588. The van der Waals surface area contributed by atoms with Gasteiger partial charge in [-0.25, -0.2) is 0 Å². The number of nitrogens with zero attached hydrogens (tertiary/aromatic N) is 1. The molecule has 1 aromatic rings. The quantitative estimate of drug-likeness (QED) is 0.744. The van der Waals surface area contributed by atoms with Crippen LogP contribution in [0, 0.1) is 6.92 Å². The van der Waals surface area contributed by atoms with Gasteiger partial charge in [0.1, 0.15) is 0 Å². The van der Waals surface area contributed by atoms with Gasteiger partial charge in [-0.3, -0.25) is 9.69 Å². The number of aryl methyl sites for hydroxylation is 1. The van der Waals surface area contributed by atoms with Crippen molar-refractivity contribution >= 4 is 17.7 Å². The van der Waals surface area contributed by atoms with E-state index in [2.05, 4.69) is 41.4 Å². The molecule has 0 bridgehead atoms. The Morgan fingerprint density at radius 2 is 2.18 bits per heavy atom. The van der Waals surface area contributed by atoms with Gasteiger partial charge in [0.2, 0.25) is 5.91 Å². The van der Waals surface area contributed by atoms with Crippen LogP contribution in [-0.4, -0.2) is 56.0 Å². The largest absolute Gasteiger partial charge is 0.379 e. The van der Waals surface area contributed by atoms with Crippen LogP contribution < -0.4 is 5.32 Å². The van der Waals surface area contributed by atoms with E-state index in [1.807, 2.05) is 0 Å². The lowest BCUT2D eigenvalue weighted by molar-refractivity contribution is -0.118. The van der Waals surface area contributed by atoms with E-state index < -0.39 is 0 Å². The molecule has 2 rings (SSSR count). The topological polar surface area (TPSA) is 41.6 Å². The van der Waals surface area contributed by atoms with E-state index in [1.165, 1.54) is 11.1 Å². The van der Waals surface area contributed by atoms with Crippen LogP contribution in [0.4, 0.5) is 0 Å². The molecule has 0 unspecified atom stereocenters. The minimum Gasteiger partial charge on any atom is -0.379 e. The lowest BCUT2D eigenvalue weighted by Crippen LogP contribution is -2.38. The normalized spacial score (nSPS) is 15.7. The van der Waals surface area contributed by atoms with Gasteiger partial charge in [0.15, 0.2) is 0 Å². The molecule has 1 aliphatic heterocycles. The van der Waals surface area contributed by atoms with E-state index in [4.69, 9.17) is 4.74 Å². The van der Waals surface area contributed by atoms with Crippen molar-refractivity contribution in [2.45, 2.75) is 19.1 Å². The number of thioether (sulfide) groups is 1. The highest BCUT2D eigenvalue weighted by Gasteiger charge is 2.09. The zero-order valence-electron chi connectivity index (χ0n) is 13.3. The summed E-state index contributed by atoms with van der Waals surface area (Å²) in [6.45, 7) is 7.60. The molecule has 5 heteroatoms. The average Bonchev–Trinajstić information content (AvgIpc) is 2.53. The van der Waals surface area contributed by atoms with E-state index in [9.17, 15) is 4.79 Å². The van der Waals surface area contributed by atoms with Crippen molar-refractivity contribution in [3.63, 3.8) is 0 Å². The highest BCUT2D eigenvalue weighted by Crippen LogP contribution is 2.13. The molecule has 1 saturated heterocycles. The van der Waals surface area contributed by atoms with Gasteiger partial charge in [0.25, 0.3) is 0 Å². The van der Waals surface area contributed by atoms with Gasteiger partial charge < -0.3 is 10.1 Å². The summed E-state index contributed by atoms with van der Waals surface area (Å²) in [6.07, 6.45) is 1.01. The number of ether oxygens (including phenoxy) is 1. The highest BCUT2D eigenvalue weighted by atomic mass is 32.2. The summed E-state index contributed by atoms with van der Waals surface area (Å²) in [7, 11) is 0. The molecule has 1 aromatic carbocycles. The Morgan fingerprint density at radius 3 is 2.95 bits per heavy atom. The molecule has 122 valence electrons. The van der Waals surface area contributed by atoms with Gasteiger partial charge in [-0.1, -0.05) is 29.8 Å². The second-order valence-corrected chi connectivity index (χ2v) is 6.62. The Bertz CT molecular complexity index is 462. The molecule has 22 heavy (non-hydrogen) atoms. The highest BCUT2D eigenvalue weighted by molar-refractivity contribution is 7.99. The molecule has 0 aliphatic carbocycles. The average molecular weight is 322 g/mol. The van der Waals surface area contributed by atoms with Gasteiger partial charge >= 0.3 is 0 Å². The van der Waals surface area contributed by atoms with Gasteiger partial charge in [0.05, 0.1) is 19.0 Å². The molecule has 1 fully saturated rings. The number of nitrogens with one attached hydrogen (secondary N) is 1. The van der Waals surface area contributed by atoms with Crippen LogP contribution in [0.25, 0.3) is 0 Å². The van der Waals surface area contributed by atoms with Crippen molar-refractivity contribution in [1.29, 1.82) is 0 Å². The summed E-state index contributed by atoms with van der Waals surface area (Å²) in [6, 6.07) is 8.44. The summed E-state index contributed by atoms with van der Waals surface area (Å²) in [5, 5.41) is 3.00. The predicted octanol–water partition coefficient (Wildman–Crippen LogP) is 2.07. The van der Waals surface area contributed by atoms with E-state index in [0.29, 0.717) is 5.75 Å². The van der Waals surface area contributed by atoms with E-state index in [1.54, 1.807) is 11.8 Å². The molecule has 1 aliphatic rings. The third kappa shape index (κ3) is 6.81. The fourth-order valence-electron chi connectivity index (χ4n) is 2.47. The first-order valence-corrected chi connectivity index (χ1v) is 9.09. The van der Waals surface area contributed by atoms with Crippen molar-refractivity contribution in [2.75, 3.05) is 45.1 Å². The Labute approximate surface area is 137 Å². The maximum absolute atomic E-state index is 11.8. The fourth-order valence-corrected chi connectivity index (χ4v) is 3.27. The molecular weight excluding hydrogens is 296 g/mol. The smallest absolute Gasteiger partial charge is 0.230 e. The van der Waals surface area contributed by atoms with Crippen LogP contribution >= 0.6 is 11.8 Å². The first-order chi connectivity index (χ1) is 10.7. The molecule has 0 spiro atoms. The monoisotopic (exact) mass is 322 g/mol. The molecule has 1 amide bonds. The summed E-state index contributed by atoms with van der Waals surface area (Å²) in [5.74, 6) is 1.56. The summed E-state index contributed by atoms with van der Waals surface area (Å²) in [4.78, 5) is 14.2. The SMILES string of the molecule is Cc1cccc(CSCC(=O)NCCCN2CCOCC2)c1. The van der Waals surface area contributed by atoms with E-state index >= 15 is 0 Å². The summed E-state index contributed by atoms with van der Waals surface area (Å²) in [5.41, 5.74) is 2.55. The summed E-state index contributed by atoms with van der Waals surface area (Å²) < 4.78 is 5.32. The number of benzene rings is 1. The zero-order chi connectivity index (χ0) is 15.6. The van der Waals surface area contributed by atoms with Gasteiger partial charge in [-0.2, -0.15) is 0 Å². The molecule has 0 aromatic heterocycles. The lowest BCUT2D eigenvalue weighted by atomic mass is 10.2. The predicted molar refractivity (Wildman–Crippen MR) is 92.2 cm³/mol. The third-order valence-corrected chi connectivity index (χ3v) is 4.67. The first-order valence-electron chi connectivity index (χ1n) is 7.94. The molecule has 4 nitrogen and oxygen atoms in total. The van der Waals surface area contributed by atoms with E-state index in [0.717, 1.165) is 51.6 Å². The maximum atomic E-state index is 11.8. The van der Waals surface area contributed by atoms with Gasteiger partial charge in [-0.15, -0.1) is 11.8 Å². The number of rotatable bonds is 8. The van der Waals surface area contributed by atoms with Crippen molar-refractivity contribution in [2.24, 2.45) is 0 Å². The van der Waals surface area contributed by atoms with Crippen LogP contribution in [0.2, 0.25) is 0 Å². The first kappa shape index (κ1) is 17.3. The number of carbonyl (C=O) groups excluding carboxylic acids is 1. The number of hydrogen-bond donors (Lipinski definition) is 1. The van der Waals surface area contributed by atoms with Crippen LogP contribution in [0.15, 0.2) is 24.3 Å². The molecular formula is C17H26N2O2S. The van der Waals surface area contributed by atoms with Crippen LogP contribution in [0.5, 0.6) is 0 Å². The van der Waals surface area contributed by atoms with Crippen molar-refractivity contribution in [3.8, 4) is 0 Å². The zero-order valence-corrected chi connectivity index (χ0v) is 14.2. The number of carbonyl (C=O) groups is 1. The van der Waals surface area contributed by atoms with E-state index in [-0.39, 0.29) is 5.91 Å². The molecule has 0 saturated carbocycles. The number of hydrogen-bond acceptors (Lipinski definition) is 4. The molecule has 1 heterocycles. The van der Waals surface area contributed by atoms with Gasteiger partial charge in [-0.05, 0) is 25.5 Å². The second-order valence-electron chi connectivity index (χ2n) is 5.64. The van der Waals surface area contributed by atoms with Crippen molar-refractivity contribution in [3.05, 3.63) is 35.4 Å². The Hall–Kier alpha value is -1.04. The second kappa shape index (κ2) is 9.87. The molecule has 0 radical (unpaired) electrons.